The summed E-state index contributed by atoms with van der Waals surface area (Å²) >= 11 is 6.49. The first-order valence-electron chi connectivity index (χ1n) is 12.9. The monoisotopic (exact) mass is 565 g/mol. The molecule has 0 bridgehead atoms. The molecule has 3 saturated carbocycles. The fraction of sp³-hybridized carbons (Fsp3) is 0.960. The van der Waals surface area contributed by atoms with E-state index in [1.165, 1.54) is 6.92 Å². The van der Waals surface area contributed by atoms with Gasteiger partial charge in [0.25, 0.3) is 0 Å². The van der Waals surface area contributed by atoms with Crippen LogP contribution in [0.3, 0.4) is 0 Å². The summed E-state index contributed by atoms with van der Waals surface area (Å²) in [6, 6.07) is 2.24. The Labute approximate surface area is 215 Å². The van der Waals surface area contributed by atoms with Crippen molar-refractivity contribution in [2.45, 2.75) is 94.2 Å². The van der Waals surface area contributed by atoms with E-state index in [4.69, 9.17) is 16.3 Å². The van der Waals surface area contributed by atoms with E-state index in [0.29, 0.717) is 38.5 Å². The number of halogens is 9. The van der Waals surface area contributed by atoms with Gasteiger partial charge in [-0.15, -0.1) is 11.6 Å². The molecule has 212 valence electrons. The standard InChI is InChI=1S/C25H32ClF8NO2/c1-12-6-16(23(27,28)25(32,33)34)21(24(29,30)31)20(12)14-8-19(37-10-14)13-2-3-17(26)15(7-13)18(36)9-22(11-35)4-5-22/h12-21,36H,2-10H2,1H3. The van der Waals surface area contributed by atoms with Crippen molar-refractivity contribution in [3.8, 4) is 6.07 Å². The Balaban J connectivity index is 1.46. The van der Waals surface area contributed by atoms with Gasteiger partial charge in [0.05, 0.1) is 36.2 Å². The number of alkyl halides is 9. The normalized spacial score (nSPS) is 41.4. The maximum absolute atomic E-state index is 14.2. The molecule has 1 heterocycles. The third-order valence-electron chi connectivity index (χ3n) is 9.52. The van der Waals surface area contributed by atoms with E-state index in [1.807, 2.05) is 0 Å². The summed E-state index contributed by atoms with van der Waals surface area (Å²) in [5.74, 6) is -14.7. The summed E-state index contributed by atoms with van der Waals surface area (Å²) in [5.41, 5.74) is -0.530. The summed E-state index contributed by atoms with van der Waals surface area (Å²) in [6.07, 6.45) is -9.97. The predicted molar refractivity (Wildman–Crippen MR) is 118 cm³/mol. The molecule has 0 radical (unpaired) electrons. The number of nitrogens with zero attached hydrogens (tertiary/aromatic N) is 1. The van der Waals surface area contributed by atoms with Crippen molar-refractivity contribution in [3.05, 3.63) is 0 Å². The zero-order valence-corrected chi connectivity index (χ0v) is 21.1. The fourth-order valence-electron chi connectivity index (χ4n) is 7.40. The van der Waals surface area contributed by atoms with Gasteiger partial charge in [-0.3, -0.25) is 0 Å². The van der Waals surface area contributed by atoms with Gasteiger partial charge in [-0.2, -0.15) is 40.4 Å². The fourth-order valence-corrected chi connectivity index (χ4v) is 7.79. The number of nitriles is 1. The quantitative estimate of drug-likeness (QED) is 0.276. The second kappa shape index (κ2) is 9.96. The molecule has 1 N–H and O–H groups in total. The van der Waals surface area contributed by atoms with Gasteiger partial charge < -0.3 is 9.84 Å². The molecule has 10 atom stereocenters. The number of aliphatic hydroxyl groups excluding tert-OH is 1. The highest BCUT2D eigenvalue weighted by molar-refractivity contribution is 6.20. The van der Waals surface area contributed by atoms with Gasteiger partial charge in [-0.1, -0.05) is 6.92 Å². The molecule has 37 heavy (non-hydrogen) atoms. The molecule has 4 aliphatic rings. The van der Waals surface area contributed by atoms with Gasteiger partial charge >= 0.3 is 18.3 Å². The van der Waals surface area contributed by atoms with Gasteiger partial charge in [0.2, 0.25) is 0 Å². The van der Waals surface area contributed by atoms with E-state index in [1.54, 1.807) is 0 Å². The molecule has 4 fully saturated rings. The Hall–Kier alpha value is -0.860. The third-order valence-corrected chi connectivity index (χ3v) is 10.1. The molecule has 1 saturated heterocycles. The maximum Gasteiger partial charge on any atom is 0.453 e. The zero-order chi connectivity index (χ0) is 27.6. The van der Waals surface area contributed by atoms with Crippen LogP contribution in [0.2, 0.25) is 0 Å². The Morgan fingerprint density at radius 2 is 1.68 bits per heavy atom. The predicted octanol–water partition coefficient (Wildman–Crippen LogP) is 7.12. The summed E-state index contributed by atoms with van der Waals surface area (Å²) in [4.78, 5) is 0. The average molecular weight is 566 g/mol. The van der Waals surface area contributed by atoms with E-state index < -0.39 is 71.9 Å². The largest absolute Gasteiger partial charge is 0.453 e. The first-order valence-corrected chi connectivity index (χ1v) is 13.3. The highest BCUT2D eigenvalue weighted by Gasteiger charge is 2.71. The highest BCUT2D eigenvalue weighted by atomic mass is 35.5. The van der Waals surface area contributed by atoms with Crippen molar-refractivity contribution in [3.63, 3.8) is 0 Å². The van der Waals surface area contributed by atoms with E-state index in [0.717, 1.165) is 0 Å². The molecule has 12 heteroatoms. The molecule has 0 aromatic carbocycles. The molecule has 0 spiro atoms. The molecule has 0 aromatic heterocycles. The van der Waals surface area contributed by atoms with E-state index in [-0.39, 0.29) is 30.2 Å². The third kappa shape index (κ3) is 5.58. The van der Waals surface area contributed by atoms with Gasteiger partial charge in [-0.25, -0.2) is 0 Å². The SMILES string of the molecule is CC1CC(C(F)(F)C(F)(F)F)C(C(F)(F)F)C1C1COC(C2CCC(Cl)C(C(O)CC3(C#N)CC3)C2)C1. The summed E-state index contributed by atoms with van der Waals surface area (Å²) < 4.78 is 115. The lowest BCUT2D eigenvalue weighted by Crippen LogP contribution is -2.49. The molecule has 1 aliphatic heterocycles. The lowest BCUT2D eigenvalue weighted by Gasteiger charge is -2.38. The maximum atomic E-state index is 14.2. The van der Waals surface area contributed by atoms with Crippen molar-refractivity contribution < 1.29 is 45.0 Å². The Bertz CT molecular complexity index is 870. The van der Waals surface area contributed by atoms with Crippen LogP contribution in [0, 0.1) is 58.2 Å². The van der Waals surface area contributed by atoms with Gasteiger partial charge in [0.1, 0.15) is 0 Å². The highest BCUT2D eigenvalue weighted by Crippen LogP contribution is 2.61. The van der Waals surface area contributed by atoms with Crippen LogP contribution in [0.4, 0.5) is 35.1 Å². The number of ether oxygens (including phenoxy) is 1. The minimum absolute atomic E-state index is 0.133. The topological polar surface area (TPSA) is 53.2 Å². The van der Waals surface area contributed by atoms with Crippen molar-refractivity contribution in [1.82, 2.24) is 0 Å². The average Bonchev–Trinajstić information content (AvgIpc) is 3.21. The minimum atomic E-state index is -6.06. The van der Waals surface area contributed by atoms with Crippen LogP contribution in [0.25, 0.3) is 0 Å². The molecule has 3 nitrogen and oxygen atoms in total. The van der Waals surface area contributed by atoms with Crippen LogP contribution in [0.1, 0.15) is 58.3 Å². The van der Waals surface area contributed by atoms with Gasteiger partial charge in [-0.05, 0) is 75.0 Å². The molecule has 0 aromatic rings. The molecule has 3 aliphatic carbocycles. The molecule has 0 amide bonds. The van der Waals surface area contributed by atoms with Crippen LogP contribution >= 0.6 is 11.6 Å². The summed E-state index contributed by atoms with van der Waals surface area (Å²) in [6.45, 7) is 1.18. The van der Waals surface area contributed by atoms with Crippen LogP contribution in [0.15, 0.2) is 0 Å². The van der Waals surface area contributed by atoms with Crippen molar-refractivity contribution >= 4 is 11.6 Å². The minimum Gasteiger partial charge on any atom is -0.393 e. The van der Waals surface area contributed by atoms with Crippen LogP contribution < -0.4 is 0 Å². The smallest absolute Gasteiger partial charge is 0.393 e. The van der Waals surface area contributed by atoms with Crippen LogP contribution in [-0.2, 0) is 4.74 Å². The Morgan fingerprint density at radius 3 is 2.22 bits per heavy atom. The van der Waals surface area contributed by atoms with Crippen molar-refractivity contribution in [1.29, 1.82) is 5.26 Å². The number of rotatable bonds is 6. The Kier molecular flexibility index (Phi) is 7.84. The first kappa shape index (κ1) is 29.1. The summed E-state index contributed by atoms with van der Waals surface area (Å²) in [7, 11) is 0. The lowest BCUT2D eigenvalue weighted by molar-refractivity contribution is -0.323. The van der Waals surface area contributed by atoms with Crippen molar-refractivity contribution in [2.75, 3.05) is 6.61 Å². The van der Waals surface area contributed by atoms with Gasteiger partial charge in [0, 0.05) is 17.2 Å². The van der Waals surface area contributed by atoms with Crippen molar-refractivity contribution in [2.24, 2.45) is 46.8 Å². The van der Waals surface area contributed by atoms with Crippen LogP contribution in [0.5, 0.6) is 0 Å². The van der Waals surface area contributed by atoms with E-state index >= 15 is 0 Å². The van der Waals surface area contributed by atoms with E-state index in [2.05, 4.69) is 6.07 Å². The first-order chi connectivity index (χ1) is 17.0. The molecule has 4 rings (SSSR count). The number of hydrogen-bond acceptors (Lipinski definition) is 3. The molecule has 10 unspecified atom stereocenters. The number of hydrogen-bond donors (Lipinski definition) is 1. The zero-order valence-electron chi connectivity index (χ0n) is 20.3. The molecular weight excluding hydrogens is 534 g/mol. The summed E-state index contributed by atoms with van der Waals surface area (Å²) in [5, 5.41) is 19.8. The van der Waals surface area contributed by atoms with Crippen LogP contribution in [-0.4, -0.2) is 47.6 Å². The van der Waals surface area contributed by atoms with Gasteiger partial charge in [0.15, 0.2) is 0 Å². The second-order valence-electron chi connectivity index (χ2n) is 11.9. The Morgan fingerprint density at radius 1 is 1.03 bits per heavy atom. The molecular formula is C25H32ClF8NO2. The second-order valence-corrected chi connectivity index (χ2v) is 12.4. The lowest BCUT2D eigenvalue weighted by atomic mass is 9.71. The van der Waals surface area contributed by atoms with E-state index in [9.17, 15) is 45.5 Å². The number of aliphatic hydroxyl groups is 1.